The van der Waals surface area contributed by atoms with Crippen LogP contribution >= 0.6 is 23.2 Å². The van der Waals surface area contributed by atoms with Crippen molar-refractivity contribution in [1.29, 1.82) is 0 Å². The number of benzene rings is 1. The molecule has 1 aromatic carbocycles. The van der Waals surface area contributed by atoms with E-state index >= 15 is 0 Å². The molecule has 0 radical (unpaired) electrons. The van der Waals surface area contributed by atoms with Crippen LogP contribution in [0.3, 0.4) is 0 Å². The van der Waals surface area contributed by atoms with Gasteiger partial charge in [0.15, 0.2) is 6.29 Å². The minimum atomic E-state index is -0.470. The molecule has 0 amide bonds. The molecule has 0 aliphatic heterocycles. The van der Waals surface area contributed by atoms with E-state index in [1.807, 2.05) is 19.9 Å². The maximum atomic E-state index is 5.99. The molecule has 0 spiro atoms. The van der Waals surface area contributed by atoms with E-state index in [0.29, 0.717) is 23.3 Å². The number of hydrogen-bond donors (Lipinski definition) is 2. The first kappa shape index (κ1) is 15.7. The highest BCUT2D eigenvalue weighted by atomic mass is 35.5. The van der Waals surface area contributed by atoms with E-state index in [2.05, 4.69) is 5.43 Å². The number of ether oxygens (including phenoxy) is 2. The zero-order chi connectivity index (χ0) is 13.5. The Labute approximate surface area is 117 Å². The van der Waals surface area contributed by atoms with E-state index in [0.717, 1.165) is 5.56 Å². The summed E-state index contributed by atoms with van der Waals surface area (Å²) in [6.45, 7) is 4.86. The zero-order valence-corrected chi connectivity index (χ0v) is 12.0. The molecule has 0 bridgehead atoms. The van der Waals surface area contributed by atoms with Gasteiger partial charge in [-0.05, 0) is 31.5 Å². The molecule has 3 N–H and O–H groups in total. The lowest BCUT2D eigenvalue weighted by molar-refractivity contribution is -0.155. The highest BCUT2D eigenvalue weighted by molar-refractivity contribution is 6.42. The topological polar surface area (TPSA) is 56.5 Å². The quantitative estimate of drug-likeness (QED) is 0.461. The van der Waals surface area contributed by atoms with Crippen molar-refractivity contribution in [2.45, 2.75) is 26.2 Å². The molecule has 18 heavy (non-hydrogen) atoms. The summed E-state index contributed by atoms with van der Waals surface area (Å²) in [5.74, 6) is 5.57. The van der Waals surface area contributed by atoms with Crippen LogP contribution in [0.2, 0.25) is 10.0 Å². The van der Waals surface area contributed by atoms with Gasteiger partial charge in [0, 0.05) is 13.2 Å². The number of hydrogen-bond acceptors (Lipinski definition) is 4. The fourth-order valence-electron chi connectivity index (χ4n) is 1.61. The van der Waals surface area contributed by atoms with Crippen molar-refractivity contribution in [2.75, 3.05) is 13.2 Å². The first-order valence-corrected chi connectivity index (χ1v) is 6.53. The van der Waals surface area contributed by atoms with E-state index in [1.165, 1.54) is 0 Å². The molecular formula is C12H18Cl2N2O2. The second-order valence-corrected chi connectivity index (χ2v) is 4.41. The van der Waals surface area contributed by atoms with E-state index in [9.17, 15) is 0 Å². The minimum Gasteiger partial charge on any atom is -0.351 e. The predicted molar refractivity (Wildman–Crippen MR) is 73.6 cm³/mol. The van der Waals surface area contributed by atoms with Crippen LogP contribution in [0.15, 0.2) is 18.2 Å². The summed E-state index contributed by atoms with van der Waals surface area (Å²) in [7, 11) is 0. The van der Waals surface area contributed by atoms with Crippen LogP contribution in [-0.4, -0.2) is 19.5 Å². The van der Waals surface area contributed by atoms with Gasteiger partial charge in [0.2, 0.25) is 0 Å². The third-order valence-electron chi connectivity index (χ3n) is 2.42. The van der Waals surface area contributed by atoms with E-state index in [-0.39, 0.29) is 6.04 Å². The summed E-state index contributed by atoms with van der Waals surface area (Å²) in [5, 5.41) is 0.974. The first-order chi connectivity index (χ1) is 8.63. The largest absolute Gasteiger partial charge is 0.351 e. The van der Waals surface area contributed by atoms with Gasteiger partial charge in [-0.25, -0.2) is 5.43 Å². The molecule has 0 aliphatic rings. The lowest BCUT2D eigenvalue weighted by Gasteiger charge is -2.26. The number of rotatable bonds is 7. The van der Waals surface area contributed by atoms with Gasteiger partial charge in [0.25, 0.3) is 0 Å². The van der Waals surface area contributed by atoms with Gasteiger partial charge in [0.1, 0.15) is 0 Å². The Kier molecular flexibility index (Phi) is 6.92. The van der Waals surface area contributed by atoms with Crippen LogP contribution in [0.4, 0.5) is 0 Å². The van der Waals surface area contributed by atoms with Crippen molar-refractivity contribution < 1.29 is 9.47 Å². The molecule has 0 saturated carbocycles. The number of halogens is 2. The standard InChI is InChI=1S/C12H18Cl2N2O2/c1-3-17-12(18-4-2)11(16-15)8-5-6-9(13)10(14)7-8/h5-7,11-12,16H,3-4,15H2,1-2H3. The van der Waals surface area contributed by atoms with Gasteiger partial charge >= 0.3 is 0 Å². The zero-order valence-electron chi connectivity index (χ0n) is 10.5. The van der Waals surface area contributed by atoms with Crippen molar-refractivity contribution in [3.63, 3.8) is 0 Å². The van der Waals surface area contributed by atoms with Crippen LogP contribution in [0.1, 0.15) is 25.5 Å². The Bertz CT molecular complexity index is 371. The maximum Gasteiger partial charge on any atom is 0.178 e. The Hall–Kier alpha value is -0.360. The monoisotopic (exact) mass is 292 g/mol. The summed E-state index contributed by atoms with van der Waals surface area (Å²) >= 11 is 11.9. The number of nitrogens with two attached hydrogens (primary N) is 1. The SMILES string of the molecule is CCOC(OCC)C(NN)c1ccc(Cl)c(Cl)c1. The van der Waals surface area contributed by atoms with Gasteiger partial charge in [-0.1, -0.05) is 29.3 Å². The summed E-state index contributed by atoms with van der Waals surface area (Å²) < 4.78 is 11.0. The normalized spacial score (nSPS) is 13.0. The Morgan fingerprint density at radius 2 is 1.78 bits per heavy atom. The fourth-order valence-corrected chi connectivity index (χ4v) is 1.91. The molecule has 6 heteroatoms. The number of hydrazine groups is 1. The third kappa shape index (κ3) is 4.09. The van der Waals surface area contributed by atoms with Gasteiger partial charge < -0.3 is 9.47 Å². The van der Waals surface area contributed by atoms with Crippen molar-refractivity contribution in [3.8, 4) is 0 Å². The molecule has 1 aromatic rings. The summed E-state index contributed by atoms with van der Waals surface area (Å²) in [6, 6.07) is 5.00. The Morgan fingerprint density at radius 1 is 1.17 bits per heavy atom. The van der Waals surface area contributed by atoms with E-state index in [4.69, 9.17) is 38.5 Å². The highest BCUT2D eigenvalue weighted by Crippen LogP contribution is 2.27. The van der Waals surface area contributed by atoms with Crippen molar-refractivity contribution in [3.05, 3.63) is 33.8 Å². The van der Waals surface area contributed by atoms with Gasteiger partial charge in [-0.15, -0.1) is 0 Å². The molecule has 102 valence electrons. The average molecular weight is 293 g/mol. The smallest absolute Gasteiger partial charge is 0.178 e. The van der Waals surface area contributed by atoms with Crippen molar-refractivity contribution in [1.82, 2.24) is 5.43 Å². The average Bonchev–Trinajstić information content (AvgIpc) is 2.35. The van der Waals surface area contributed by atoms with Crippen LogP contribution in [0.5, 0.6) is 0 Å². The molecule has 4 nitrogen and oxygen atoms in total. The number of nitrogens with one attached hydrogen (secondary N) is 1. The molecule has 1 unspecified atom stereocenters. The molecule has 0 saturated heterocycles. The van der Waals surface area contributed by atoms with Gasteiger partial charge in [0.05, 0.1) is 16.1 Å². The molecule has 0 fully saturated rings. The van der Waals surface area contributed by atoms with Gasteiger partial charge in [-0.2, -0.15) is 0 Å². The maximum absolute atomic E-state index is 5.99. The van der Waals surface area contributed by atoms with Crippen molar-refractivity contribution in [2.24, 2.45) is 5.84 Å². The Morgan fingerprint density at radius 3 is 2.22 bits per heavy atom. The second kappa shape index (κ2) is 7.94. The first-order valence-electron chi connectivity index (χ1n) is 5.78. The van der Waals surface area contributed by atoms with Crippen LogP contribution in [0.25, 0.3) is 0 Å². The van der Waals surface area contributed by atoms with Crippen LogP contribution in [0, 0.1) is 0 Å². The fraction of sp³-hybridized carbons (Fsp3) is 0.500. The molecule has 1 atom stereocenters. The van der Waals surface area contributed by atoms with E-state index in [1.54, 1.807) is 12.1 Å². The third-order valence-corrected chi connectivity index (χ3v) is 3.16. The lowest BCUT2D eigenvalue weighted by Crippen LogP contribution is -2.39. The van der Waals surface area contributed by atoms with Gasteiger partial charge in [-0.3, -0.25) is 5.84 Å². The molecule has 1 rings (SSSR count). The molecule has 0 heterocycles. The summed E-state index contributed by atoms with van der Waals surface area (Å²) in [5.41, 5.74) is 3.54. The highest BCUT2D eigenvalue weighted by Gasteiger charge is 2.23. The molecule has 0 aromatic heterocycles. The predicted octanol–water partition coefficient (Wildman–Crippen LogP) is 2.90. The van der Waals surface area contributed by atoms with Crippen molar-refractivity contribution >= 4 is 23.2 Å². The summed E-state index contributed by atoms with van der Waals surface area (Å²) in [4.78, 5) is 0. The molecular weight excluding hydrogens is 275 g/mol. The molecule has 0 aliphatic carbocycles. The Balaban J connectivity index is 2.94. The van der Waals surface area contributed by atoms with Crippen LogP contribution < -0.4 is 11.3 Å². The second-order valence-electron chi connectivity index (χ2n) is 3.60. The van der Waals surface area contributed by atoms with Crippen LogP contribution in [-0.2, 0) is 9.47 Å². The minimum absolute atomic E-state index is 0.306. The van der Waals surface area contributed by atoms with E-state index < -0.39 is 6.29 Å². The lowest BCUT2D eigenvalue weighted by atomic mass is 10.1. The summed E-state index contributed by atoms with van der Waals surface area (Å²) in [6.07, 6.45) is -0.470.